The minimum absolute atomic E-state index is 0.247. The molecule has 0 spiro atoms. The number of para-hydroxylation sites is 2. The molecule has 0 aliphatic carbocycles. The molecule has 0 saturated heterocycles. The Kier molecular flexibility index (Phi) is 10.8. The maximum absolute atomic E-state index is 11.7. The fraction of sp³-hybridized carbons (Fsp3) is 0.158. The molecule has 0 atom stereocenters. The summed E-state index contributed by atoms with van der Waals surface area (Å²) in [6, 6.07) is 18.4. The van der Waals surface area contributed by atoms with E-state index in [-0.39, 0.29) is 10.6 Å². The van der Waals surface area contributed by atoms with Crippen LogP contribution < -0.4 is 15.2 Å². The molecule has 8 rings (SSSR count). The highest BCUT2D eigenvalue weighted by Crippen LogP contribution is 2.37. The summed E-state index contributed by atoms with van der Waals surface area (Å²) in [5, 5.41) is 18.9. The van der Waals surface area contributed by atoms with Crippen molar-refractivity contribution in [2.24, 2.45) is 5.73 Å². The Labute approximate surface area is 331 Å². The number of carbonyl (C=O) groups is 1. The average molecular weight is 812 g/mol. The number of benzene rings is 4. The minimum atomic E-state index is -0.604. The second-order valence-electron chi connectivity index (χ2n) is 11.8. The summed E-state index contributed by atoms with van der Waals surface area (Å²) < 4.78 is 24.4. The first-order chi connectivity index (χ1) is 26.6. The third-order valence-electron chi connectivity index (χ3n) is 8.45. The Morgan fingerprint density at radius 1 is 0.745 bits per heavy atom. The summed E-state index contributed by atoms with van der Waals surface area (Å²) in [5.41, 5.74) is 10.3. The van der Waals surface area contributed by atoms with Gasteiger partial charge < -0.3 is 24.0 Å². The lowest BCUT2D eigenvalue weighted by atomic mass is 10.0. The number of nitrogens with two attached hydrogens (primary N) is 1. The summed E-state index contributed by atoms with van der Waals surface area (Å²) in [6.07, 6.45) is 0.822. The highest BCUT2D eigenvalue weighted by molar-refractivity contribution is 7.19. The topological polar surface area (TPSA) is 170 Å². The van der Waals surface area contributed by atoms with E-state index in [0.717, 1.165) is 47.5 Å². The second kappa shape index (κ2) is 15.8. The van der Waals surface area contributed by atoms with Gasteiger partial charge in [-0.3, -0.25) is 4.79 Å². The van der Waals surface area contributed by atoms with Gasteiger partial charge in [0.15, 0.2) is 0 Å². The number of nitrogens with zero attached hydrogens (tertiary/aromatic N) is 7. The maximum Gasteiger partial charge on any atom is 0.250 e. The highest BCUT2D eigenvalue weighted by atomic mass is 35.5. The summed E-state index contributed by atoms with van der Waals surface area (Å²) in [5.74, 6) is 2.40. The molecule has 0 bridgehead atoms. The van der Waals surface area contributed by atoms with Gasteiger partial charge in [-0.25, -0.2) is 14.8 Å². The number of hydrogen-bond acceptors (Lipinski definition) is 13. The molecular weight excluding hydrogens is 784 g/mol. The van der Waals surface area contributed by atoms with Crippen LogP contribution in [0.2, 0.25) is 10.0 Å². The minimum Gasteiger partial charge on any atom is -0.494 e. The lowest BCUT2D eigenvalue weighted by molar-refractivity contribution is 0.1000. The van der Waals surface area contributed by atoms with E-state index in [4.69, 9.17) is 53.8 Å². The van der Waals surface area contributed by atoms with Crippen molar-refractivity contribution in [2.75, 3.05) is 14.2 Å². The van der Waals surface area contributed by atoms with Crippen molar-refractivity contribution in [1.82, 2.24) is 30.4 Å². The van der Waals surface area contributed by atoms with Crippen molar-refractivity contribution in [3.63, 3.8) is 0 Å². The molecule has 1 amide bonds. The lowest BCUT2D eigenvalue weighted by Gasteiger charge is -2.07. The number of halogens is 2. The molecule has 13 nitrogen and oxygen atoms in total. The molecule has 2 N–H and O–H groups in total. The smallest absolute Gasteiger partial charge is 0.250 e. The number of hydrogen-bond donors (Lipinski definition) is 1. The van der Waals surface area contributed by atoms with Gasteiger partial charge in [-0.2, -0.15) is 0 Å². The Morgan fingerprint density at radius 3 is 1.71 bits per heavy atom. The highest BCUT2D eigenvalue weighted by Gasteiger charge is 2.20. The van der Waals surface area contributed by atoms with E-state index in [0.29, 0.717) is 63.8 Å². The lowest BCUT2D eigenvalue weighted by Crippen LogP contribution is -2.14. The molecule has 4 aromatic carbocycles. The Hall–Kier alpha value is -5.92. The van der Waals surface area contributed by atoms with Crippen LogP contribution in [0.15, 0.2) is 69.5 Å². The molecule has 4 aromatic heterocycles. The molecule has 276 valence electrons. The van der Waals surface area contributed by atoms with E-state index in [9.17, 15) is 4.79 Å². The molecule has 0 aliphatic heterocycles. The van der Waals surface area contributed by atoms with Crippen molar-refractivity contribution in [1.29, 1.82) is 0 Å². The van der Waals surface area contributed by atoms with Crippen LogP contribution in [0.3, 0.4) is 0 Å². The molecule has 0 unspecified atom stereocenters. The number of methoxy groups -OCH3 is 2. The predicted molar refractivity (Wildman–Crippen MR) is 212 cm³/mol. The number of thiazole rings is 2. The van der Waals surface area contributed by atoms with Crippen molar-refractivity contribution in [3.05, 3.63) is 121 Å². The fourth-order valence-electron chi connectivity index (χ4n) is 5.79. The molecule has 0 aliphatic rings. The standard InChI is InChI=1S/C19H15ClN4O3S.C19H13ClN4O2S/c1-9-10(6-7-11(20)16(9)18(21)25)19-24-23-14(27-19)8-15-22-17-12(26-2)4-3-5-13(17)28-15;1-10-11(7-8-12(20)17(10)21-2)19-24-23-15(26-19)9-16-22-18-13(25-3)5-4-6-14(18)27-16/h3-7H,8H2,1-2H3,(H2,21,25);4-8H,9H2,1,3H3. The van der Waals surface area contributed by atoms with E-state index >= 15 is 0 Å². The number of carbonyl (C=O) groups excluding carboxylic acids is 1. The first-order valence-electron chi connectivity index (χ1n) is 16.3. The number of primary amides is 1. The van der Waals surface area contributed by atoms with Crippen LogP contribution in [0.25, 0.3) is 48.2 Å². The van der Waals surface area contributed by atoms with Gasteiger partial charge in [0.05, 0.1) is 53.6 Å². The van der Waals surface area contributed by atoms with Crippen LogP contribution in [0.1, 0.15) is 43.3 Å². The van der Waals surface area contributed by atoms with Gasteiger partial charge in [-0.15, -0.1) is 43.1 Å². The monoisotopic (exact) mass is 810 g/mol. The van der Waals surface area contributed by atoms with Crippen LogP contribution in [-0.2, 0) is 12.8 Å². The third-order valence-corrected chi connectivity index (χ3v) is 11.1. The van der Waals surface area contributed by atoms with Gasteiger partial charge in [0, 0.05) is 16.1 Å². The number of ether oxygens (including phenoxy) is 2. The largest absolute Gasteiger partial charge is 0.494 e. The van der Waals surface area contributed by atoms with E-state index in [1.807, 2.05) is 43.3 Å². The second-order valence-corrected chi connectivity index (χ2v) is 14.9. The van der Waals surface area contributed by atoms with Crippen molar-refractivity contribution in [2.45, 2.75) is 26.7 Å². The van der Waals surface area contributed by atoms with Crippen LogP contribution in [-0.4, -0.2) is 50.5 Å². The van der Waals surface area contributed by atoms with Crippen molar-refractivity contribution < 1.29 is 23.1 Å². The molecule has 0 radical (unpaired) electrons. The molecule has 0 saturated carbocycles. The summed E-state index contributed by atoms with van der Waals surface area (Å²) in [4.78, 5) is 24.4. The molecule has 4 heterocycles. The number of aromatic nitrogens is 6. The molecular formula is C38H28Cl2N8O5S2. The van der Waals surface area contributed by atoms with Gasteiger partial charge in [-0.1, -0.05) is 47.5 Å². The van der Waals surface area contributed by atoms with E-state index in [1.165, 1.54) is 0 Å². The number of rotatable bonds is 9. The summed E-state index contributed by atoms with van der Waals surface area (Å²) in [6.45, 7) is 10.8. The van der Waals surface area contributed by atoms with Crippen LogP contribution in [0.4, 0.5) is 5.69 Å². The normalized spacial score (nSPS) is 11.0. The van der Waals surface area contributed by atoms with Crippen LogP contribution in [0.5, 0.6) is 11.5 Å². The summed E-state index contributed by atoms with van der Waals surface area (Å²) in [7, 11) is 3.25. The van der Waals surface area contributed by atoms with E-state index in [2.05, 4.69) is 35.2 Å². The Morgan fingerprint density at radius 2 is 1.24 bits per heavy atom. The average Bonchev–Trinajstić information content (AvgIpc) is 3.99. The first-order valence-corrected chi connectivity index (χ1v) is 18.7. The summed E-state index contributed by atoms with van der Waals surface area (Å²) >= 11 is 15.2. The van der Waals surface area contributed by atoms with E-state index < -0.39 is 5.91 Å². The number of amides is 1. The van der Waals surface area contributed by atoms with E-state index in [1.54, 1.807) is 68.1 Å². The maximum atomic E-state index is 11.7. The molecule has 8 aromatic rings. The molecule has 55 heavy (non-hydrogen) atoms. The fourth-order valence-corrected chi connectivity index (χ4v) is 8.29. The number of fused-ring (bicyclic) bond motifs is 2. The SMILES string of the molecule is COc1cccc2sc(Cc3nnc(-c4ccc(Cl)c(C(N)=O)c4C)o3)nc12.[C-]#[N+]c1c(Cl)ccc(-c2nnc(Cc3nc4c(OC)cccc4s3)o2)c1C. The van der Waals surface area contributed by atoms with Gasteiger partial charge in [0.1, 0.15) is 32.5 Å². The van der Waals surface area contributed by atoms with Gasteiger partial charge in [-0.05, 0) is 61.4 Å². The predicted octanol–water partition coefficient (Wildman–Crippen LogP) is 9.46. The van der Waals surface area contributed by atoms with Crippen molar-refractivity contribution >= 4 is 77.9 Å². The first kappa shape index (κ1) is 37.4. The molecule has 0 fully saturated rings. The van der Waals surface area contributed by atoms with Crippen molar-refractivity contribution in [3.8, 4) is 34.4 Å². The van der Waals surface area contributed by atoms with Gasteiger partial charge in [0.25, 0.3) is 5.91 Å². The molecule has 17 heteroatoms. The van der Waals surface area contributed by atoms with Gasteiger partial charge in [0.2, 0.25) is 29.3 Å². The quantitative estimate of drug-likeness (QED) is 0.138. The zero-order chi connectivity index (χ0) is 38.8. The zero-order valence-corrected chi connectivity index (χ0v) is 32.7. The van der Waals surface area contributed by atoms with Gasteiger partial charge >= 0.3 is 0 Å². The Bertz CT molecular complexity index is 2770. The zero-order valence-electron chi connectivity index (χ0n) is 29.5. The third kappa shape index (κ3) is 7.58. The van der Waals surface area contributed by atoms with Crippen LogP contribution in [0, 0.1) is 20.4 Å². The Balaban J connectivity index is 0.000000169. The van der Waals surface area contributed by atoms with Crippen LogP contribution >= 0.6 is 45.9 Å².